The Morgan fingerprint density at radius 1 is 1.08 bits per heavy atom. The number of ether oxygens (including phenoxy) is 1. The predicted octanol–water partition coefficient (Wildman–Crippen LogP) is 4.39. The Kier molecular flexibility index (Phi) is 6.68. The van der Waals surface area contributed by atoms with Gasteiger partial charge in [-0.2, -0.15) is 5.10 Å². The van der Waals surface area contributed by atoms with Crippen LogP contribution in [0.5, 0.6) is 0 Å². The second-order valence-corrected chi connectivity index (χ2v) is 8.68. The van der Waals surface area contributed by atoms with Crippen LogP contribution < -0.4 is 16.4 Å². The van der Waals surface area contributed by atoms with Crippen LogP contribution in [-0.2, 0) is 11.3 Å². The van der Waals surface area contributed by atoms with Gasteiger partial charge in [-0.05, 0) is 30.3 Å². The van der Waals surface area contributed by atoms with E-state index in [1.807, 2.05) is 0 Å². The molecule has 0 bridgehead atoms. The molecule has 0 radical (unpaired) electrons. The van der Waals surface area contributed by atoms with Crippen LogP contribution in [-0.4, -0.2) is 51.8 Å². The van der Waals surface area contributed by atoms with Crippen molar-refractivity contribution in [1.82, 2.24) is 19.5 Å². The molecular formula is C24H22ClF2N7O2. The summed E-state index contributed by atoms with van der Waals surface area (Å²) in [4.78, 5) is 18.5. The van der Waals surface area contributed by atoms with Crippen molar-refractivity contribution in [3.8, 4) is 11.1 Å². The van der Waals surface area contributed by atoms with Crippen LogP contribution in [0.1, 0.15) is 5.69 Å². The fraction of sp³-hybridized carbons (Fsp3) is 0.208. The average Bonchev–Trinajstić information content (AvgIpc) is 3.21. The van der Waals surface area contributed by atoms with Crippen LogP contribution in [0.3, 0.4) is 0 Å². The molecule has 186 valence electrons. The van der Waals surface area contributed by atoms with Crippen LogP contribution in [0, 0.1) is 11.6 Å². The second kappa shape index (κ2) is 10.1. The van der Waals surface area contributed by atoms with Crippen molar-refractivity contribution in [2.75, 3.05) is 42.7 Å². The number of nitrogen functional groups attached to an aromatic ring is 1. The number of aromatic nitrogens is 3. The first kappa shape index (κ1) is 23.9. The van der Waals surface area contributed by atoms with Gasteiger partial charge in [-0.3, -0.25) is 4.90 Å². The number of hydrogen-bond donors (Lipinski definition) is 3. The maximum absolute atomic E-state index is 15.3. The third kappa shape index (κ3) is 4.94. The van der Waals surface area contributed by atoms with Crippen molar-refractivity contribution in [3.05, 3.63) is 71.1 Å². The minimum absolute atomic E-state index is 0.0273. The van der Waals surface area contributed by atoms with Gasteiger partial charge in [0.2, 0.25) is 0 Å². The molecule has 1 aliphatic heterocycles. The van der Waals surface area contributed by atoms with Crippen LogP contribution >= 0.6 is 11.6 Å². The maximum Gasteiger partial charge on any atom is 0.323 e. The van der Waals surface area contributed by atoms with E-state index in [9.17, 15) is 4.79 Å². The zero-order valence-electron chi connectivity index (χ0n) is 19.0. The summed E-state index contributed by atoms with van der Waals surface area (Å²) < 4.78 is 37.3. The largest absolute Gasteiger partial charge is 0.382 e. The summed E-state index contributed by atoms with van der Waals surface area (Å²) in [7, 11) is 0. The number of carbonyl (C=O) groups is 1. The molecule has 1 aliphatic rings. The van der Waals surface area contributed by atoms with E-state index in [4.69, 9.17) is 22.1 Å². The minimum atomic E-state index is -0.822. The Labute approximate surface area is 209 Å². The Morgan fingerprint density at radius 2 is 1.89 bits per heavy atom. The van der Waals surface area contributed by atoms with Crippen molar-refractivity contribution in [2.24, 2.45) is 0 Å². The van der Waals surface area contributed by atoms with Gasteiger partial charge >= 0.3 is 6.03 Å². The lowest BCUT2D eigenvalue weighted by molar-refractivity contribution is 0.0334. The SMILES string of the molecule is Nc1ncnn2c(CN3CCOCC3)cc(-c3cc(F)c(NC(=O)Nc4cccc(Cl)c4)cc3F)c12. The lowest BCUT2D eigenvalue weighted by atomic mass is 10.0. The Bertz CT molecular complexity index is 1440. The first-order valence-electron chi connectivity index (χ1n) is 11.1. The van der Waals surface area contributed by atoms with E-state index in [0.717, 1.165) is 30.9 Å². The molecule has 12 heteroatoms. The van der Waals surface area contributed by atoms with Crippen LogP contribution in [0.4, 0.5) is 30.8 Å². The average molecular weight is 514 g/mol. The van der Waals surface area contributed by atoms with Gasteiger partial charge in [0.25, 0.3) is 0 Å². The van der Waals surface area contributed by atoms with E-state index in [0.29, 0.717) is 41.5 Å². The lowest BCUT2D eigenvalue weighted by Gasteiger charge is -2.26. The summed E-state index contributed by atoms with van der Waals surface area (Å²) >= 11 is 5.91. The number of anilines is 3. The molecule has 4 aromatic rings. The highest BCUT2D eigenvalue weighted by atomic mass is 35.5. The van der Waals surface area contributed by atoms with Crippen molar-refractivity contribution in [2.45, 2.75) is 6.54 Å². The predicted molar refractivity (Wildman–Crippen MR) is 133 cm³/mol. The van der Waals surface area contributed by atoms with E-state index in [2.05, 4.69) is 25.6 Å². The number of nitrogens with two attached hydrogens (primary N) is 1. The molecule has 9 nitrogen and oxygen atoms in total. The Hall–Kier alpha value is -3.80. The van der Waals surface area contributed by atoms with Crippen LogP contribution in [0.2, 0.25) is 5.02 Å². The quantitative estimate of drug-likeness (QED) is 0.365. The van der Waals surface area contributed by atoms with Gasteiger partial charge in [-0.1, -0.05) is 17.7 Å². The monoisotopic (exact) mass is 513 g/mol. The molecule has 2 amide bonds. The summed E-state index contributed by atoms with van der Waals surface area (Å²) in [5, 5.41) is 9.56. The molecule has 4 N–H and O–H groups in total. The number of nitrogens with one attached hydrogen (secondary N) is 2. The lowest BCUT2D eigenvalue weighted by Crippen LogP contribution is -2.36. The Balaban J connectivity index is 1.45. The van der Waals surface area contributed by atoms with Crippen LogP contribution in [0.15, 0.2) is 48.8 Å². The zero-order valence-corrected chi connectivity index (χ0v) is 19.7. The van der Waals surface area contributed by atoms with E-state index in [1.54, 1.807) is 28.8 Å². The minimum Gasteiger partial charge on any atom is -0.382 e. The number of fused-ring (bicyclic) bond motifs is 1. The van der Waals surface area contributed by atoms with Gasteiger partial charge < -0.3 is 21.1 Å². The third-order valence-electron chi connectivity index (χ3n) is 5.82. The number of nitrogens with zero attached hydrogens (tertiary/aromatic N) is 4. The van der Waals surface area contributed by atoms with E-state index < -0.39 is 17.7 Å². The van der Waals surface area contributed by atoms with Gasteiger partial charge in [0.1, 0.15) is 23.5 Å². The molecule has 0 aliphatic carbocycles. The van der Waals surface area contributed by atoms with Crippen LogP contribution in [0.25, 0.3) is 16.6 Å². The van der Waals surface area contributed by atoms with Gasteiger partial charge in [-0.25, -0.2) is 23.1 Å². The number of carbonyl (C=O) groups excluding carboxylic acids is 1. The molecule has 0 atom stereocenters. The molecule has 1 saturated heterocycles. The zero-order chi connectivity index (χ0) is 25.2. The van der Waals surface area contributed by atoms with Gasteiger partial charge in [-0.15, -0.1) is 0 Å². The molecule has 2 aromatic heterocycles. The summed E-state index contributed by atoms with van der Waals surface area (Å²) in [6.07, 6.45) is 1.32. The first-order chi connectivity index (χ1) is 17.4. The maximum atomic E-state index is 15.3. The van der Waals surface area contributed by atoms with Gasteiger partial charge in [0, 0.05) is 47.5 Å². The summed E-state index contributed by atoms with van der Waals surface area (Å²) in [5.74, 6) is -1.43. The topological polar surface area (TPSA) is 110 Å². The molecule has 2 aromatic carbocycles. The van der Waals surface area contributed by atoms with E-state index in [1.165, 1.54) is 12.4 Å². The first-order valence-corrected chi connectivity index (χ1v) is 11.5. The van der Waals surface area contributed by atoms with Gasteiger partial charge in [0.15, 0.2) is 5.82 Å². The number of hydrogen-bond acceptors (Lipinski definition) is 6. The fourth-order valence-electron chi connectivity index (χ4n) is 4.14. The molecule has 0 spiro atoms. The van der Waals surface area contributed by atoms with Crippen molar-refractivity contribution >= 4 is 40.3 Å². The summed E-state index contributed by atoms with van der Waals surface area (Å²) in [5.41, 5.74) is 7.64. The number of amides is 2. The van der Waals surface area contributed by atoms with E-state index in [-0.39, 0.29) is 17.1 Å². The molecule has 0 unspecified atom stereocenters. The Morgan fingerprint density at radius 3 is 2.67 bits per heavy atom. The molecule has 36 heavy (non-hydrogen) atoms. The van der Waals surface area contributed by atoms with Gasteiger partial charge in [0.05, 0.1) is 24.6 Å². The smallest absolute Gasteiger partial charge is 0.323 e. The standard InChI is InChI=1S/C24H22ClF2N7O2/c25-14-2-1-3-15(8-14)31-24(35)32-21-11-19(26)17(10-20(21)27)18-9-16(12-33-4-6-36-7-5-33)34-22(18)23(28)29-13-30-34/h1-3,8-11,13H,4-7,12H2,(H2,28,29,30)(H2,31,32,35). The number of halogens is 3. The van der Waals surface area contributed by atoms with Crippen molar-refractivity contribution in [3.63, 3.8) is 0 Å². The molecular weight excluding hydrogens is 492 g/mol. The summed E-state index contributed by atoms with van der Waals surface area (Å²) in [6, 6.07) is 9.37. The number of rotatable bonds is 5. The normalized spacial score (nSPS) is 14.2. The molecule has 3 heterocycles. The number of morpholine rings is 1. The second-order valence-electron chi connectivity index (χ2n) is 8.24. The number of benzene rings is 2. The fourth-order valence-corrected chi connectivity index (χ4v) is 4.33. The van der Waals surface area contributed by atoms with E-state index >= 15 is 8.78 Å². The van der Waals surface area contributed by atoms with Crippen molar-refractivity contribution < 1.29 is 18.3 Å². The molecule has 0 saturated carbocycles. The number of urea groups is 1. The third-order valence-corrected chi connectivity index (χ3v) is 6.06. The molecule has 5 rings (SSSR count). The highest BCUT2D eigenvalue weighted by Gasteiger charge is 2.22. The highest BCUT2D eigenvalue weighted by Crippen LogP contribution is 2.35. The summed E-state index contributed by atoms with van der Waals surface area (Å²) in [6.45, 7) is 3.24. The van der Waals surface area contributed by atoms with Crippen molar-refractivity contribution in [1.29, 1.82) is 0 Å². The highest BCUT2D eigenvalue weighted by molar-refractivity contribution is 6.30. The molecule has 1 fully saturated rings.